The Morgan fingerprint density at radius 1 is 0.686 bits per heavy atom. The zero-order valence-corrected chi connectivity index (χ0v) is 33.9. The van der Waals surface area contributed by atoms with E-state index in [1.807, 2.05) is 0 Å². The highest BCUT2D eigenvalue weighted by Gasteiger charge is 2.33. The average molecular weight is 709 g/mol. The summed E-state index contributed by atoms with van der Waals surface area (Å²) in [7, 11) is 0. The minimum atomic E-state index is -0.961. The van der Waals surface area contributed by atoms with E-state index in [2.05, 4.69) is 78.9 Å². The SMILES string of the molecule is CCCCC/C=C\C/C=C\CCCCCCCCC(O)(CCCCCCCC/C=C\CCCCCCC)OC1CCN(CCC2=CCNC=C2)C1. The molecule has 2 atom stereocenters. The maximum Gasteiger partial charge on any atom is 0.165 e. The van der Waals surface area contributed by atoms with Crippen molar-refractivity contribution >= 4 is 0 Å². The highest BCUT2D eigenvalue weighted by atomic mass is 16.6. The largest absolute Gasteiger partial charge is 0.387 e. The Kier molecular flexibility index (Phi) is 29.5. The summed E-state index contributed by atoms with van der Waals surface area (Å²) in [4.78, 5) is 2.53. The lowest BCUT2D eigenvalue weighted by Crippen LogP contribution is -2.38. The van der Waals surface area contributed by atoms with Gasteiger partial charge in [0, 0.05) is 39.0 Å². The molecular weight excluding hydrogens is 625 g/mol. The third-order valence-corrected chi connectivity index (χ3v) is 10.8. The quantitative estimate of drug-likeness (QED) is 0.0391. The highest BCUT2D eigenvalue weighted by Crippen LogP contribution is 2.29. The lowest BCUT2D eigenvalue weighted by Gasteiger charge is -2.32. The summed E-state index contributed by atoms with van der Waals surface area (Å²) in [5, 5.41) is 15.1. The fourth-order valence-electron chi connectivity index (χ4n) is 7.48. The van der Waals surface area contributed by atoms with Gasteiger partial charge in [0.2, 0.25) is 0 Å². The first-order valence-electron chi connectivity index (χ1n) is 22.3. The van der Waals surface area contributed by atoms with Crippen LogP contribution >= 0.6 is 0 Å². The second-order valence-corrected chi connectivity index (χ2v) is 15.7. The molecule has 0 saturated carbocycles. The summed E-state index contributed by atoms with van der Waals surface area (Å²) in [5.74, 6) is -0.961. The molecule has 2 aliphatic rings. The molecule has 2 rings (SSSR count). The van der Waals surface area contributed by atoms with Gasteiger partial charge in [0.1, 0.15) is 0 Å². The Labute approximate surface area is 317 Å². The van der Waals surface area contributed by atoms with E-state index in [-0.39, 0.29) is 6.10 Å². The summed E-state index contributed by atoms with van der Waals surface area (Å²) < 4.78 is 6.62. The first-order chi connectivity index (χ1) is 25.1. The summed E-state index contributed by atoms with van der Waals surface area (Å²) in [6.45, 7) is 8.60. The number of hydrogen-bond acceptors (Lipinski definition) is 4. The predicted octanol–water partition coefficient (Wildman–Crippen LogP) is 13.4. The van der Waals surface area contributed by atoms with Crippen LogP contribution in [-0.4, -0.2) is 48.1 Å². The van der Waals surface area contributed by atoms with Crippen molar-refractivity contribution in [1.29, 1.82) is 0 Å². The predicted molar refractivity (Wildman–Crippen MR) is 224 cm³/mol. The molecule has 1 fully saturated rings. The molecular formula is C47H84N2O2. The number of likely N-dealkylation sites (tertiary alicyclic amines) is 1. The van der Waals surface area contributed by atoms with E-state index in [1.165, 1.54) is 147 Å². The molecule has 4 heteroatoms. The van der Waals surface area contributed by atoms with Gasteiger partial charge in [0.15, 0.2) is 5.79 Å². The van der Waals surface area contributed by atoms with Crippen molar-refractivity contribution in [3.63, 3.8) is 0 Å². The molecule has 2 N–H and O–H groups in total. The fraction of sp³-hybridized carbons (Fsp3) is 0.787. The number of allylic oxidation sites excluding steroid dienone is 7. The van der Waals surface area contributed by atoms with E-state index in [9.17, 15) is 5.11 Å². The smallest absolute Gasteiger partial charge is 0.165 e. The number of hydrogen-bond donors (Lipinski definition) is 2. The lowest BCUT2D eigenvalue weighted by atomic mass is 9.98. The maximum atomic E-state index is 11.8. The van der Waals surface area contributed by atoms with E-state index >= 15 is 0 Å². The summed E-state index contributed by atoms with van der Waals surface area (Å²) in [6.07, 6.45) is 56.5. The number of aliphatic hydroxyl groups is 1. The van der Waals surface area contributed by atoms with Crippen LogP contribution in [0.25, 0.3) is 0 Å². The topological polar surface area (TPSA) is 44.7 Å². The molecule has 2 heterocycles. The van der Waals surface area contributed by atoms with Crippen LogP contribution in [0.4, 0.5) is 0 Å². The third-order valence-electron chi connectivity index (χ3n) is 10.8. The number of unbranched alkanes of at least 4 members (excludes halogenated alkanes) is 20. The molecule has 0 bridgehead atoms. The number of dihydropyridines is 1. The van der Waals surface area contributed by atoms with E-state index in [1.54, 1.807) is 0 Å². The Balaban J connectivity index is 1.61. The first kappa shape index (κ1) is 45.5. The van der Waals surface area contributed by atoms with Crippen molar-refractivity contribution in [2.45, 2.75) is 212 Å². The molecule has 0 aliphatic carbocycles. The van der Waals surface area contributed by atoms with Crippen LogP contribution in [0.5, 0.6) is 0 Å². The van der Waals surface area contributed by atoms with Crippen LogP contribution < -0.4 is 5.32 Å². The number of nitrogens with zero attached hydrogens (tertiary/aromatic N) is 1. The van der Waals surface area contributed by atoms with Gasteiger partial charge in [0.25, 0.3) is 0 Å². The average Bonchev–Trinajstić information content (AvgIpc) is 3.59. The normalized spacial score (nSPS) is 18.0. The number of ether oxygens (including phenoxy) is 1. The van der Waals surface area contributed by atoms with E-state index < -0.39 is 5.79 Å². The molecule has 51 heavy (non-hydrogen) atoms. The maximum absolute atomic E-state index is 11.8. The Hall–Kier alpha value is -1.62. The molecule has 294 valence electrons. The molecule has 0 aromatic rings. The van der Waals surface area contributed by atoms with Gasteiger partial charge in [-0.2, -0.15) is 0 Å². The van der Waals surface area contributed by atoms with Crippen molar-refractivity contribution in [3.8, 4) is 0 Å². The fourth-order valence-corrected chi connectivity index (χ4v) is 7.48. The molecule has 0 aromatic carbocycles. The van der Waals surface area contributed by atoms with Gasteiger partial charge in [0.05, 0.1) is 6.10 Å². The van der Waals surface area contributed by atoms with E-state index in [4.69, 9.17) is 4.74 Å². The van der Waals surface area contributed by atoms with Gasteiger partial charge in [-0.1, -0.05) is 146 Å². The van der Waals surface area contributed by atoms with Gasteiger partial charge in [-0.05, 0) is 101 Å². The van der Waals surface area contributed by atoms with Crippen LogP contribution in [0.2, 0.25) is 0 Å². The van der Waals surface area contributed by atoms with Crippen LogP contribution in [0.15, 0.2) is 60.4 Å². The standard InChI is InChI=1S/C47H84N2O2/c1-3-5-7-9-11-13-15-17-19-21-23-25-27-29-31-33-39-47(50,51-46-37-43-49(44-46)42-36-45-34-40-48-41-35-45)38-32-30-28-26-24-22-20-18-16-14-12-10-8-6-4-2/h11,13,16-19,34-35,40,46,48,50H,3-10,12,14-15,20-33,36-39,41-44H2,1-2H3/b13-11-,18-16-,19-17-. The molecule has 0 radical (unpaired) electrons. The summed E-state index contributed by atoms with van der Waals surface area (Å²) in [5.41, 5.74) is 1.43. The molecule has 0 amide bonds. The van der Waals surface area contributed by atoms with Gasteiger partial charge in [-0.25, -0.2) is 0 Å². The highest BCUT2D eigenvalue weighted by molar-refractivity contribution is 5.22. The Bertz CT molecular complexity index is 937. The zero-order valence-electron chi connectivity index (χ0n) is 33.9. The molecule has 1 saturated heterocycles. The van der Waals surface area contributed by atoms with Crippen molar-refractivity contribution < 1.29 is 9.84 Å². The summed E-state index contributed by atoms with van der Waals surface area (Å²) in [6, 6.07) is 0. The Morgan fingerprint density at radius 2 is 1.18 bits per heavy atom. The molecule has 2 aliphatic heterocycles. The summed E-state index contributed by atoms with van der Waals surface area (Å²) >= 11 is 0. The molecule has 0 aromatic heterocycles. The molecule has 4 nitrogen and oxygen atoms in total. The van der Waals surface area contributed by atoms with Crippen molar-refractivity contribution in [2.24, 2.45) is 0 Å². The molecule has 0 spiro atoms. The number of nitrogens with one attached hydrogen (secondary N) is 1. The van der Waals surface area contributed by atoms with Crippen LogP contribution in [0.1, 0.15) is 200 Å². The minimum absolute atomic E-state index is 0.154. The molecule has 2 unspecified atom stereocenters. The van der Waals surface area contributed by atoms with Crippen LogP contribution in [0, 0.1) is 0 Å². The second kappa shape index (κ2) is 33.0. The van der Waals surface area contributed by atoms with Gasteiger partial charge < -0.3 is 20.1 Å². The monoisotopic (exact) mass is 709 g/mol. The third kappa shape index (κ3) is 26.7. The first-order valence-corrected chi connectivity index (χ1v) is 22.3. The van der Waals surface area contributed by atoms with E-state index in [0.717, 1.165) is 71.1 Å². The van der Waals surface area contributed by atoms with Gasteiger partial charge in [-0.15, -0.1) is 0 Å². The van der Waals surface area contributed by atoms with Gasteiger partial charge >= 0.3 is 0 Å². The van der Waals surface area contributed by atoms with Crippen molar-refractivity contribution in [1.82, 2.24) is 10.2 Å². The van der Waals surface area contributed by atoms with Crippen LogP contribution in [0.3, 0.4) is 0 Å². The van der Waals surface area contributed by atoms with Crippen LogP contribution in [-0.2, 0) is 4.74 Å². The second-order valence-electron chi connectivity index (χ2n) is 15.7. The van der Waals surface area contributed by atoms with E-state index in [0.29, 0.717) is 0 Å². The van der Waals surface area contributed by atoms with Crippen molar-refractivity contribution in [2.75, 3.05) is 26.2 Å². The Morgan fingerprint density at radius 3 is 1.73 bits per heavy atom. The zero-order chi connectivity index (χ0) is 36.3. The minimum Gasteiger partial charge on any atom is -0.387 e. The number of rotatable bonds is 35. The van der Waals surface area contributed by atoms with Gasteiger partial charge in [-0.3, -0.25) is 0 Å². The van der Waals surface area contributed by atoms with Crippen molar-refractivity contribution in [3.05, 3.63) is 60.4 Å². The lowest BCUT2D eigenvalue weighted by molar-refractivity contribution is -0.236.